The summed E-state index contributed by atoms with van der Waals surface area (Å²) in [7, 11) is 0. The number of carbonyl (C=O) groups is 1. The van der Waals surface area contributed by atoms with Gasteiger partial charge in [-0.3, -0.25) is 4.79 Å². The number of hydrogen-bond donors (Lipinski definition) is 1. The van der Waals surface area contributed by atoms with Crippen LogP contribution < -0.4 is 10.1 Å². The fourth-order valence-electron chi connectivity index (χ4n) is 2.69. The second-order valence-electron chi connectivity index (χ2n) is 6.13. The summed E-state index contributed by atoms with van der Waals surface area (Å²) >= 11 is 0. The summed E-state index contributed by atoms with van der Waals surface area (Å²) in [6, 6.07) is 23.2. The van der Waals surface area contributed by atoms with Crippen molar-refractivity contribution >= 4 is 11.6 Å². The smallest absolute Gasteiger partial charge is 0.255 e. The minimum atomic E-state index is -0.111. The Labute approximate surface area is 148 Å². The van der Waals surface area contributed by atoms with Crippen LogP contribution in [0.4, 0.5) is 5.69 Å². The maximum atomic E-state index is 12.4. The van der Waals surface area contributed by atoms with Crippen LogP contribution in [-0.2, 0) is 6.61 Å². The van der Waals surface area contributed by atoms with Crippen LogP contribution in [0, 0.1) is 13.8 Å². The van der Waals surface area contributed by atoms with Gasteiger partial charge >= 0.3 is 0 Å². The molecular weight excluding hydrogens is 310 g/mol. The van der Waals surface area contributed by atoms with E-state index in [1.807, 2.05) is 80.6 Å². The van der Waals surface area contributed by atoms with Gasteiger partial charge in [0, 0.05) is 11.3 Å². The van der Waals surface area contributed by atoms with Gasteiger partial charge in [0.2, 0.25) is 0 Å². The van der Waals surface area contributed by atoms with E-state index >= 15 is 0 Å². The van der Waals surface area contributed by atoms with E-state index in [4.69, 9.17) is 4.74 Å². The minimum Gasteiger partial charge on any atom is -0.489 e. The third-order valence-corrected chi connectivity index (χ3v) is 3.84. The predicted octanol–water partition coefficient (Wildman–Crippen LogP) is 5.13. The van der Waals surface area contributed by atoms with Gasteiger partial charge in [-0.15, -0.1) is 0 Å². The van der Waals surface area contributed by atoms with Crippen molar-refractivity contribution in [1.82, 2.24) is 0 Å². The van der Waals surface area contributed by atoms with Crippen molar-refractivity contribution in [2.45, 2.75) is 20.5 Å². The lowest BCUT2D eigenvalue weighted by atomic mass is 10.1. The van der Waals surface area contributed by atoms with E-state index in [0.717, 1.165) is 28.1 Å². The van der Waals surface area contributed by atoms with E-state index in [1.165, 1.54) is 0 Å². The Morgan fingerprint density at radius 3 is 2.16 bits per heavy atom. The van der Waals surface area contributed by atoms with Gasteiger partial charge in [-0.05, 0) is 66.9 Å². The number of amides is 1. The molecule has 3 nitrogen and oxygen atoms in total. The first-order chi connectivity index (χ1) is 12.1. The van der Waals surface area contributed by atoms with Gasteiger partial charge in [-0.2, -0.15) is 0 Å². The monoisotopic (exact) mass is 331 g/mol. The second-order valence-corrected chi connectivity index (χ2v) is 6.13. The lowest BCUT2D eigenvalue weighted by molar-refractivity contribution is 0.102. The zero-order chi connectivity index (χ0) is 17.6. The van der Waals surface area contributed by atoms with Crippen LogP contribution >= 0.6 is 0 Å². The van der Waals surface area contributed by atoms with Crippen molar-refractivity contribution in [2.75, 3.05) is 5.32 Å². The van der Waals surface area contributed by atoms with Crippen LogP contribution in [0.1, 0.15) is 27.0 Å². The van der Waals surface area contributed by atoms with Gasteiger partial charge in [0.05, 0.1) is 0 Å². The van der Waals surface area contributed by atoms with Gasteiger partial charge < -0.3 is 10.1 Å². The molecule has 3 aromatic rings. The molecule has 0 aromatic heterocycles. The number of carbonyl (C=O) groups excluding carboxylic acids is 1. The van der Waals surface area contributed by atoms with Crippen molar-refractivity contribution in [3.63, 3.8) is 0 Å². The lowest BCUT2D eigenvalue weighted by Gasteiger charge is -2.09. The molecule has 0 spiro atoms. The zero-order valence-corrected chi connectivity index (χ0v) is 14.5. The van der Waals surface area contributed by atoms with Gasteiger partial charge in [-0.25, -0.2) is 0 Å². The van der Waals surface area contributed by atoms with Crippen LogP contribution in [0.2, 0.25) is 0 Å². The molecule has 0 aliphatic heterocycles. The number of hydrogen-bond acceptors (Lipinski definition) is 2. The average Bonchev–Trinajstić information content (AvgIpc) is 2.60. The SMILES string of the molecule is Cc1cc(C)cc(NC(=O)c2ccc(COc3ccccc3)cc2)c1. The van der Waals surface area contributed by atoms with E-state index < -0.39 is 0 Å². The van der Waals surface area contributed by atoms with E-state index in [1.54, 1.807) is 0 Å². The fourth-order valence-corrected chi connectivity index (χ4v) is 2.69. The van der Waals surface area contributed by atoms with E-state index in [0.29, 0.717) is 12.2 Å². The highest BCUT2D eigenvalue weighted by Crippen LogP contribution is 2.16. The van der Waals surface area contributed by atoms with Crippen LogP contribution in [0.25, 0.3) is 0 Å². The molecule has 126 valence electrons. The number of ether oxygens (including phenoxy) is 1. The van der Waals surface area contributed by atoms with E-state index in [9.17, 15) is 4.79 Å². The van der Waals surface area contributed by atoms with Crippen molar-refractivity contribution < 1.29 is 9.53 Å². The maximum Gasteiger partial charge on any atom is 0.255 e. The summed E-state index contributed by atoms with van der Waals surface area (Å²) < 4.78 is 5.71. The highest BCUT2D eigenvalue weighted by molar-refractivity contribution is 6.04. The highest BCUT2D eigenvalue weighted by Gasteiger charge is 2.07. The molecule has 3 rings (SSSR count). The number of rotatable bonds is 5. The largest absolute Gasteiger partial charge is 0.489 e. The summed E-state index contributed by atoms with van der Waals surface area (Å²) in [5, 5.41) is 2.95. The summed E-state index contributed by atoms with van der Waals surface area (Å²) in [4.78, 5) is 12.4. The van der Waals surface area contributed by atoms with Gasteiger partial charge in [-0.1, -0.05) is 36.4 Å². The van der Waals surface area contributed by atoms with Crippen molar-refractivity contribution in [2.24, 2.45) is 0 Å². The Hall–Kier alpha value is -3.07. The summed E-state index contributed by atoms with van der Waals surface area (Å²) in [6.07, 6.45) is 0. The highest BCUT2D eigenvalue weighted by atomic mass is 16.5. The quantitative estimate of drug-likeness (QED) is 0.703. The van der Waals surface area contributed by atoms with Crippen LogP contribution in [0.3, 0.4) is 0 Å². The molecule has 0 unspecified atom stereocenters. The Kier molecular flexibility index (Phi) is 5.14. The third kappa shape index (κ3) is 4.70. The van der Waals surface area contributed by atoms with Crippen LogP contribution in [0.5, 0.6) is 5.75 Å². The van der Waals surface area contributed by atoms with E-state index in [2.05, 4.69) is 11.4 Å². The number of para-hydroxylation sites is 1. The number of nitrogens with one attached hydrogen (secondary N) is 1. The Bertz CT molecular complexity index is 835. The molecule has 1 N–H and O–H groups in total. The first-order valence-corrected chi connectivity index (χ1v) is 8.26. The summed E-state index contributed by atoms with van der Waals surface area (Å²) in [5.74, 6) is 0.722. The Morgan fingerprint density at radius 2 is 1.52 bits per heavy atom. The van der Waals surface area contributed by atoms with Crippen LogP contribution in [-0.4, -0.2) is 5.91 Å². The standard InChI is InChI=1S/C22H21NO2/c1-16-12-17(2)14-20(13-16)23-22(24)19-10-8-18(9-11-19)15-25-21-6-4-3-5-7-21/h3-14H,15H2,1-2H3,(H,23,24). The Morgan fingerprint density at radius 1 is 0.880 bits per heavy atom. The number of anilines is 1. The average molecular weight is 331 g/mol. The normalized spacial score (nSPS) is 10.3. The van der Waals surface area contributed by atoms with Gasteiger partial charge in [0.25, 0.3) is 5.91 Å². The molecule has 1 amide bonds. The van der Waals surface area contributed by atoms with Gasteiger partial charge in [0.15, 0.2) is 0 Å². The third-order valence-electron chi connectivity index (χ3n) is 3.84. The first kappa shape index (κ1) is 16.8. The summed E-state index contributed by atoms with van der Waals surface area (Å²) in [6.45, 7) is 4.51. The molecule has 0 fully saturated rings. The predicted molar refractivity (Wildman–Crippen MR) is 101 cm³/mol. The molecule has 0 atom stereocenters. The van der Waals surface area contributed by atoms with Gasteiger partial charge in [0.1, 0.15) is 12.4 Å². The molecule has 3 heteroatoms. The molecule has 0 bridgehead atoms. The first-order valence-electron chi connectivity index (χ1n) is 8.26. The van der Waals surface area contributed by atoms with E-state index in [-0.39, 0.29) is 5.91 Å². The molecule has 3 aromatic carbocycles. The molecule has 25 heavy (non-hydrogen) atoms. The molecule has 0 saturated heterocycles. The summed E-state index contributed by atoms with van der Waals surface area (Å²) in [5.41, 5.74) is 4.72. The molecular formula is C22H21NO2. The Balaban J connectivity index is 1.62. The molecule has 0 aliphatic carbocycles. The zero-order valence-electron chi connectivity index (χ0n) is 14.5. The maximum absolute atomic E-state index is 12.4. The van der Waals surface area contributed by atoms with Crippen molar-refractivity contribution in [1.29, 1.82) is 0 Å². The van der Waals surface area contributed by atoms with Crippen LogP contribution in [0.15, 0.2) is 72.8 Å². The van der Waals surface area contributed by atoms with Crippen molar-refractivity contribution in [3.05, 3.63) is 95.1 Å². The lowest BCUT2D eigenvalue weighted by Crippen LogP contribution is -2.12. The molecule has 0 aliphatic rings. The van der Waals surface area contributed by atoms with Crippen molar-refractivity contribution in [3.8, 4) is 5.75 Å². The second kappa shape index (κ2) is 7.67. The number of aryl methyl sites for hydroxylation is 2. The molecule has 0 saturated carbocycles. The number of benzene rings is 3. The molecule has 0 heterocycles. The minimum absolute atomic E-state index is 0.111. The topological polar surface area (TPSA) is 38.3 Å². The molecule has 0 radical (unpaired) electrons. The fraction of sp³-hybridized carbons (Fsp3) is 0.136.